The Morgan fingerprint density at radius 1 is 1.00 bits per heavy atom. The van der Waals surface area contributed by atoms with Crippen molar-refractivity contribution in [1.29, 1.82) is 0 Å². The molecule has 0 amide bonds. The number of aliphatic hydroxyl groups is 1. The van der Waals surface area contributed by atoms with Gasteiger partial charge in [0.1, 0.15) is 12.4 Å². The average Bonchev–Trinajstić information content (AvgIpc) is 2.96. The first kappa shape index (κ1) is 17.8. The Kier molecular flexibility index (Phi) is 5.60. The third-order valence-corrected chi connectivity index (χ3v) is 4.96. The second-order valence-electron chi connectivity index (χ2n) is 7.40. The first-order chi connectivity index (χ1) is 12.0. The normalized spacial score (nSPS) is 14.8. The molecule has 132 valence electrons. The molecule has 3 rings (SSSR count). The first-order valence-corrected chi connectivity index (χ1v) is 9.24. The Labute approximate surface area is 151 Å². The van der Waals surface area contributed by atoms with E-state index in [0.29, 0.717) is 12.5 Å². The molecule has 2 aromatic carbocycles. The summed E-state index contributed by atoms with van der Waals surface area (Å²) in [6.07, 6.45) is 2.42. The maximum absolute atomic E-state index is 9.99. The third-order valence-electron chi connectivity index (χ3n) is 4.96. The summed E-state index contributed by atoms with van der Waals surface area (Å²) in [5.41, 5.74) is 6.79. The van der Waals surface area contributed by atoms with Crippen LogP contribution < -0.4 is 4.74 Å². The minimum absolute atomic E-state index is 0.360. The summed E-state index contributed by atoms with van der Waals surface area (Å²) in [6, 6.07) is 16.9. The third kappa shape index (κ3) is 4.32. The van der Waals surface area contributed by atoms with E-state index in [4.69, 9.17) is 4.74 Å². The summed E-state index contributed by atoms with van der Waals surface area (Å²) in [5.74, 6) is 1.43. The van der Waals surface area contributed by atoms with Crippen LogP contribution in [0.25, 0.3) is 11.1 Å². The van der Waals surface area contributed by atoms with E-state index in [1.807, 2.05) is 12.1 Å². The van der Waals surface area contributed by atoms with Gasteiger partial charge in [-0.25, -0.2) is 0 Å². The summed E-state index contributed by atoms with van der Waals surface area (Å²) in [5, 5.41) is 9.99. The molecule has 1 aliphatic rings. The van der Waals surface area contributed by atoms with Crippen LogP contribution in [-0.2, 0) is 6.42 Å². The highest BCUT2D eigenvalue weighted by Crippen LogP contribution is 2.38. The van der Waals surface area contributed by atoms with Crippen LogP contribution >= 0.6 is 0 Å². The molecule has 1 aliphatic carbocycles. The molecular weight excluding hydrogens is 308 g/mol. The Balaban J connectivity index is 1.61. The van der Waals surface area contributed by atoms with Crippen molar-refractivity contribution < 1.29 is 9.84 Å². The molecule has 0 fully saturated rings. The number of benzene rings is 2. The monoisotopic (exact) mass is 336 g/mol. The molecule has 0 aromatic heterocycles. The first-order valence-electron chi connectivity index (χ1n) is 9.24. The molecule has 1 N–H and O–H groups in total. The second kappa shape index (κ2) is 7.88. The fraction of sp³-hybridized carbons (Fsp3) is 0.391. The lowest BCUT2D eigenvalue weighted by atomic mass is 10.0. The van der Waals surface area contributed by atoms with Crippen molar-refractivity contribution in [2.45, 2.75) is 46.1 Å². The Hall–Kier alpha value is -2.06. The summed E-state index contributed by atoms with van der Waals surface area (Å²) in [4.78, 5) is 0. The molecule has 0 aliphatic heterocycles. The van der Waals surface area contributed by atoms with E-state index < -0.39 is 6.10 Å². The average molecular weight is 336 g/mol. The van der Waals surface area contributed by atoms with Crippen LogP contribution in [0, 0.1) is 5.92 Å². The number of fused-ring (bicyclic) bond motifs is 1. The molecule has 1 unspecified atom stereocenters. The lowest BCUT2D eigenvalue weighted by Gasteiger charge is -2.14. The highest BCUT2D eigenvalue weighted by molar-refractivity contribution is 5.96. The molecule has 2 heteroatoms. The summed E-state index contributed by atoms with van der Waals surface area (Å²) >= 11 is 0. The minimum Gasteiger partial charge on any atom is -0.491 e. The summed E-state index contributed by atoms with van der Waals surface area (Å²) in [6.45, 7) is 6.91. The topological polar surface area (TPSA) is 29.5 Å². The van der Waals surface area contributed by atoms with Crippen molar-refractivity contribution in [3.05, 3.63) is 65.2 Å². The van der Waals surface area contributed by atoms with Crippen LogP contribution in [0.3, 0.4) is 0 Å². The van der Waals surface area contributed by atoms with Gasteiger partial charge in [0.2, 0.25) is 0 Å². The zero-order chi connectivity index (χ0) is 17.8. The van der Waals surface area contributed by atoms with Gasteiger partial charge >= 0.3 is 0 Å². The molecule has 0 spiro atoms. The zero-order valence-corrected chi connectivity index (χ0v) is 15.5. The molecule has 0 saturated carbocycles. The van der Waals surface area contributed by atoms with E-state index >= 15 is 0 Å². The highest BCUT2D eigenvalue weighted by atomic mass is 16.5. The van der Waals surface area contributed by atoms with Crippen LogP contribution in [-0.4, -0.2) is 17.8 Å². The van der Waals surface area contributed by atoms with Crippen molar-refractivity contribution in [3.63, 3.8) is 0 Å². The molecule has 1 atom stereocenters. The van der Waals surface area contributed by atoms with Gasteiger partial charge in [-0.3, -0.25) is 0 Å². The fourth-order valence-corrected chi connectivity index (χ4v) is 3.40. The SMILES string of the molecule is CC1=C(c2ccc(OCC(O)CCC(C)C)cc2)Cc2ccccc21. The largest absolute Gasteiger partial charge is 0.491 e. The quantitative estimate of drug-likeness (QED) is 0.738. The van der Waals surface area contributed by atoms with E-state index in [1.54, 1.807) is 0 Å². The maximum Gasteiger partial charge on any atom is 0.119 e. The van der Waals surface area contributed by atoms with Gasteiger partial charge in [-0.15, -0.1) is 0 Å². The summed E-state index contributed by atoms with van der Waals surface area (Å²) < 4.78 is 5.74. The van der Waals surface area contributed by atoms with Gasteiger partial charge in [0.25, 0.3) is 0 Å². The molecule has 2 nitrogen and oxygen atoms in total. The van der Waals surface area contributed by atoms with E-state index in [0.717, 1.165) is 25.0 Å². The predicted octanol–water partition coefficient (Wildman–Crippen LogP) is 5.35. The number of hydrogen-bond acceptors (Lipinski definition) is 2. The Morgan fingerprint density at radius 2 is 1.72 bits per heavy atom. The molecule has 0 saturated heterocycles. The smallest absolute Gasteiger partial charge is 0.119 e. The number of aliphatic hydroxyl groups excluding tert-OH is 1. The van der Waals surface area contributed by atoms with E-state index in [9.17, 15) is 5.11 Å². The van der Waals surface area contributed by atoms with Crippen LogP contribution in [0.2, 0.25) is 0 Å². The highest BCUT2D eigenvalue weighted by Gasteiger charge is 2.18. The fourth-order valence-electron chi connectivity index (χ4n) is 3.40. The van der Waals surface area contributed by atoms with E-state index in [2.05, 4.69) is 57.2 Å². The second-order valence-corrected chi connectivity index (χ2v) is 7.40. The Bertz CT molecular complexity index is 741. The number of allylic oxidation sites excluding steroid dienone is 2. The molecule has 25 heavy (non-hydrogen) atoms. The van der Waals surface area contributed by atoms with Crippen molar-refractivity contribution >= 4 is 11.1 Å². The molecule has 2 aromatic rings. The van der Waals surface area contributed by atoms with Crippen molar-refractivity contribution in [1.82, 2.24) is 0 Å². The van der Waals surface area contributed by atoms with Gasteiger partial charge in [-0.2, -0.15) is 0 Å². The van der Waals surface area contributed by atoms with Crippen molar-refractivity contribution in [2.75, 3.05) is 6.61 Å². The standard InChI is InChI=1S/C23H28O2/c1-16(2)8-11-20(24)15-25-21-12-9-18(10-13-21)23-14-19-6-4-5-7-22(19)17(23)3/h4-7,9-10,12-13,16,20,24H,8,11,14-15H2,1-3H3. The number of ether oxygens (including phenoxy) is 1. The van der Waals surface area contributed by atoms with Gasteiger partial charge in [-0.05, 0) is 72.1 Å². The molecular formula is C23H28O2. The number of rotatable bonds is 7. The minimum atomic E-state index is -0.392. The number of hydrogen-bond donors (Lipinski definition) is 1. The van der Waals surface area contributed by atoms with Crippen LogP contribution in [0.5, 0.6) is 5.75 Å². The zero-order valence-electron chi connectivity index (χ0n) is 15.5. The molecule has 0 radical (unpaired) electrons. The van der Waals surface area contributed by atoms with Gasteiger partial charge in [0.15, 0.2) is 0 Å². The lowest BCUT2D eigenvalue weighted by Crippen LogP contribution is -2.18. The van der Waals surface area contributed by atoms with Gasteiger partial charge in [0.05, 0.1) is 6.10 Å². The Morgan fingerprint density at radius 3 is 2.40 bits per heavy atom. The summed E-state index contributed by atoms with van der Waals surface area (Å²) in [7, 11) is 0. The predicted molar refractivity (Wildman–Crippen MR) is 105 cm³/mol. The van der Waals surface area contributed by atoms with Gasteiger partial charge in [0, 0.05) is 0 Å². The van der Waals surface area contributed by atoms with E-state index in [-0.39, 0.29) is 0 Å². The van der Waals surface area contributed by atoms with Crippen LogP contribution in [0.4, 0.5) is 0 Å². The van der Waals surface area contributed by atoms with Crippen LogP contribution in [0.1, 0.15) is 50.3 Å². The van der Waals surface area contributed by atoms with Crippen LogP contribution in [0.15, 0.2) is 48.5 Å². The van der Waals surface area contributed by atoms with Gasteiger partial charge in [-0.1, -0.05) is 50.2 Å². The molecule has 0 heterocycles. The van der Waals surface area contributed by atoms with Gasteiger partial charge < -0.3 is 9.84 Å². The molecule has 0 bridgehead atoms. The van der Waals surface area contributed by atoms with Crippen molar-refractivity contribution in [3.8, 4) is 5.75 Å². The van der Waals surface area contributed by atoms with E-state index in [1.165, 1.54) is 27.8 Å². The maximum atomic E-state index is 9.99. The van der Waals surface area contributed by atoms with Crippen molar-refractivity contribution in [2.24, 2.45) is 5.92 Å². The lowest BCUT2D eigenvalue weighted by molar-refractivity contribution is 0.0950.